The zero-order chi connectivity index (χ0) is 21.9. The Labute approximate surface area is 188 Å². The summed E-state index contributed by atoms with van der Waals surface area (Å²) in [5.74, 6) is 0.356. The van der Waals surface area contributed by atoms with E-state index in [1.165, 1.54) is 22.3 Å². The molecule has 0 aromatic heterocycles. The van der Waals surface area contributed by atoms with Crippen LogP contribution in [0.15, 0.2) is 36.4 Å². The highest BCUT2D eigenvalue weighted by molar-refractivity contribution is 6.48. The predicted octanol–water partition coefficient (Wildman–Crippen LogP) is 5.83. The number of aliphatic hydroxyl groups excluding tert-OH is 1. The van der Waals surface area contributed by atoms with E-state index >= 15 is 0 Å². The number of halogens is 1. The summed E-state index contributed by atoms with van der Waals surface area (Å²) in [7, 11) is -1.31. The van der Waals surface area contributed by atoms with Crippen molar-refractivity contribution in [2.75, 3.05) is 6.61 Å². The summed E-state index contributed by atoms with van der Waals surface area (Å²) >= 11 is 6.04. The van der Waals surface area contributed by atoms with E-state index < -0.39 is 14.8 Å². The van der Waals surface area contributed by atoms with E-state index in [0.717, 1.165) is 42.9 Å². The van der Waals surface area contributed by atoms with Crippen LogP contribution in [0, 0.1) is 0 Å². The van der Waals surface area contributed by atoms with Gasteiger partial charge in [0.2, 0.25) is 5.79 Å². The first kappa shape index (κ1) is 23.3. The minimum Gasteiger partial charge on any atom is -0.463 e. The van der Waals surface area contributed by atoms with Gasteiger partial charge in [-0.1, -0.05) is 50.6 Å². The Hall–Kier alpha value is -1.33. The molecule has 0 aliphatic carbocycles. The van der Waals surface area contributed by atoms with Crippen molar-refractivity contribution in [3.05, 3.63) is 63.7 Å². The summed E-state index contributed by atoms with van der Waals surface area (Å²) in [6, 6.07) is 12.5. The lowest BCUT2D eigenvalue weighted by Crippen LogP contribution is -2.41. The number of aryl methyl sites for hydroxylation is 2. The monoisotopic (exact) mass is 446 g/mol. The number of fused-ring (bicyclic) bond motifs is 1. The van der Waals surface area contributed by atoms with Crippen LogP contribution in [0.5, 0.6) is 5.75 Å². The van der Waals surface area contributed by atoms with Crippen molar-refractivity contribution in [3.63, 3.8) is 0 Å². The Balaban J connectivity index is 1.88. The van der Waals surface area contributed by atoms with Crippen molar-refractivity contribution < 1.29 is 14.3 Å². The van der Waals surface area contributed by atoms with E-state index in [0.29, 0.717) is 0 Å². The van der Waals surface area contributed by atoms with E-state index in [1.54, 1.807) is 0 Å². The molecule has 0 amide bonds. The third-order valence-corrected chi connectivity index (χ3v) is 6.77. The van der Waals surface area contributed by atoms with Crippen molar-refractivity contribution >= 4 is 20.6 Å². The molecule has 0 bridgehead atoms. The lowest BCUT2D eigenvalue weighted by Gasteiger charge is -2.31. The molecule has 1 aliphatic heterocycles. The Morgan fingerprint density at radius 1 is 1.13 bits per heavy atom. The summed E-state index contributed by atoms with van der Waals surface area (Å²) in [6.07, 6.45) is 4.10. The molecule has 5 heteroatoms. The topological polar surface area (TPSA) is 38.7 Å². The van der Waals surface area contributed by atoms with Gasteiger partial charge >= 0.3 is 0 Å². The Morgan fingerprint density at radius 3 is 2.43 bits per heavy atom. The highest BCUT2D eigenvalue weighted by Gasteiger charge is 2.41. The van der Waals surface area contributed by atoms with Gasteiger partial charge in [-0.15, -0.1) is 0 Å². The molecule has 0 fully saturated rings. The smallest absolute Gasteiger partial charge is 0.205 e. The fourth-order valence-corrected chi connectivity index (χ4v) is 5.51. The summed E-state index contributed by atoms with van der Waals surface area (Å²) < 4.78 is 13.1. The number of hydrogen-bond acceptors (Lipinski definition) is 3. The molecule has 1 unspecified atom stereocenters. The molecule has 1 atom stereocenters. The Bertz CT molecular complexity index is 858. The average molecular weight is 447 g/mol. The van der Waals surface area contributed by atoms with Crippen molar-refractivity contribution in [1.82, 2.24) is 0 Å². The number of ether oxygens (including phenoxy) is 1. The third kappa shape index (κ3) is 5.67. The van der Waals surface area contributed by atoms with Crippen molar-refractivity contribution in [2.24, 2.45) is 0 Å². The first-order chi connectivity index (χ1) is 14.1. The third-order valence-electron chi connectivity index (χ3n) is 5.61. The summed E-state index contributed by atoms with van der Waals surface area (Å²) in [4.78, 5) is 0. The zero-order valence-electron chi connectivity index (χ0n) is 18.9. The molecule has 0 radical (unpaired) electrons. The van der Waals surface area contributed by atoms with Gasteiger partial charge in [0.25, 0.3) is 0 Å². The van der Waals surface area contributed by atoms with Crippen LogP contribution in [0.25, 0.3) is 0 Å². The fourth-order valence-electron chi connectivity index (χ4n) is 4.28. The van der Waals surface area contributed by atoms with Crippen LogP contribution in [0.4, 0.5) is 0 Å². The van der Waals surface area contributed by atoms with E-state index in [1.807, 2.05) is 12.1 Å². The van der Waals surface area contributed by atoms with Gasteiger partial charge in [-0.05, 0) is 72.7 Å². The van der Waals surface area contributed by atoms with Gasteiger partial charge < -0.3 is 14.3 Å². The van der Waals surface area contributed by atoms with Gasteiger partial charge in [-0.2, -0.15) is 0 Å². The van der Waals surface area contributed by atoms with Crippen molar-refractivity contribution in [3.8, 4) is 5.75 Å². The maximum absolute atomic E-state index is 9.34. The molecule has 30 heavy (non-hydrogen) atoms. The molecular formula is C25H35ClO3Si. The molecule has 164 valence electrons. The average Bonchev–Trinajstić information content (AvgIpc) is 3.01. The molecule has 0 spiro atoms. The SMILES string of the molecule is C[SiH](C)OC1(CCc2ccc(Cl)cc2)Cc2cc(C(C)(C)C)c(CCCO)cc2O1. The van der Waals surface area contributed by atoms with E-state index in [-0.39, 0.29) is 12.0 Å². The van der Waals surface area contributed by atoms with Crippen LogP contribution >= 0.6 is 11.6 Å². The molecule has 3 rings (SSSR count). The molecule has 3 nitrogen and oxygen atoms in total. The highest BCUT2D eigenvalue weighted by atomic mass is 35.5. The van der Waals surface area contributed by atoms with Gasteiger partial charge in [0.05, 0.1) is 0 Å². The number of benzene rings is 2. The van der Waals surface area contributed by atoms with Crippen LogP contribution in [-0.2, 0) is 29.1 Å². The summed E-state index contributed by atoms with van der Waals surface area (Å²) in [5, 5.41) is 10.1. The maximum atomic E-state index is 9.34. The molecule has 0 saturated carbocycles. The first-order valence-electron chi connectivity index (χ1n) is 11.0. The van der Waals surface area contributed by atoms with Crippen LogP contribution in [-0.4, -0.2) is 26.5 Å². The second-order valence-corrected chi connectivity index (χ2v) is 12.4. The minimum absolute atomic E-state index is 0.0437. The van der Waals surface area contributed by atoms with Crippen LogP contribution < -0.4 is 4.74 Å². The number of hydrogen-bond donors (Lipinski definition) is 1. The lowest BCUT2D eigenvalue weighted by atomic mass is 9.81. The molecule has 1 aliphatic rings. The number of aliphatic hydroxyl groups is 1. The number of rotatable bonds is 8. The van der Waals surface area contributed by atoms with Gasteiger partial charge in [-0.25, -0.2) is 0 Å². The quantitative estimate of drug-likeness (QED) is 0.518. The lowest BCUT2D eigenvalue weighted by molar-refractivity contribution is -0.105. The predicted molar refractivity (Wildman–Crippen MR) is 127 cm³/mol. The van der Waals surface area contributed by atoms with Crippen LogP contribution in [0.3, 0.4) is 0 Å². The van der Waals surface area contributed by atoms with Crippen LogP contribution in [0.2, 0.25) is 18.1 Å². The normalized spacial score (nSPS) is 18.5. The molecule has 0 saturated heterocycles. The fraction of sp³-hybridized carbons (Fsp3) is 0.520. The minimum atomic E-state index is -1.31. The van der Waals surface area contributed by atoms with Crippen molar-refractivity contribution in [1.29, 1.82) is 0 Å². The molecule has 2 aromatic carbocycles. The first-order valence-corrected chi connectivity index (χ1v) is 14.2. The Kier molecular flexibility index (Phi) is 7.34. The molecular weight excluding hydrogens is 412 g/mol. The Morgan fingerprint density at radius 2 is 1.83 bits per heavy atom. The molecule has 1 N–H and O–H groups in total. The second kappa shape index (κ2) is 9.43. The van der Waals surface area contributed by atoms with Crippen LogP contribution in [0.1, 0.15) is 55.9 Å². The van der Waals surface area contributed by atoms with Gasteiger partial charge in [0, 0.05) is 30.0 Å². The largest absolute Gasteiger partial charge is 0.463 e. The highest BCUT2D eigenvalue weighted by Crippen LogP contribution is 2.43. The van der Waals surface area contributed by atoms with E-state index in [4.69, 9.17) is 20.8 Å². The molecule has 2 aromatic rings. The zero-order valence-corrected chi connectivity index (χ0v) is 20.8. The summed E-state index contributed by atoms with van der Waals surface area (Å²) in [6.45, 7) is 11.3. The van der Waals surface area contributed by atoms with Gasteiger partial charge in [0.15, 0.2) is 9.04 Å². The van der Waals surface area contributed by atoms with E-state index in [9.17, 15) is 5.11 Å². The standard InChI is InChI=1S/C25H35ClO3Si/c1-24(2,3)22-15-20-17-25(29-30(4)5,13-12-18-8-10-21(26)11-9-18)28-23(20)16-19(22)7-6-14-27/h8-11,15-16,27,30H,6-7,12-14,17H2,1-5H3. The van der Waals surface area contributed by atoms with Gasteiger partial charge in [-0.3, -0.25) is 0 Å². The second-order valence-electron chi connectivity index (χ2n) is 9.68. The van der Waals surface area contributed by atoms with Crippen molar-refractivity contribution in [2.45, 2.75) is 77.2 Å². The van der Waals surface area contributed by atoms with Gasteiger partial charge in [0.1, 0.15) is 5.75 Å². The maximum Gasteiger partial charge on any atom is 0.205 e. The van der Waals surface area contributed by atoms with E-state index in [2.05, 4.69) is 58.1 Å². The summed E-state index contributed by atoms with van der Waals surface area (Å²) in [5.41, 5.74) is 5.13. The molecule has 1 heterocycles.